The van der Waals surface area contributed by atoms with E-state index < -0.39 is 0 Å². The summed E-state index contributed by atoms with van der Waals surface area (Å²) in [5, 5.41) is 3.72. The molecule has 1 N–H and O–H groups in total. The van der Waals surface area contributed by atoms with E-state index >= 15 is 0 Å². The van der Waals surface area contributed by atoms with E-state index in [4.69, 9.17) is 4.74 Å². The van der Waals surface area contributed by atoms with Crippen LogP contribution in [0.4, 0.5) is 0 Å². The fourth-order valence-corrected chi connectivity index (χ4v) is 3.10. The van der Waals surface area contributed by atoms with Crippen molar-refractivity contribution >= 4 is 0 Å². The smallest absolute Gasteiger partial charge is 0.109 e. The summed E-state index contributed by atoms with van der Waals surface area (Å²) < 4.78 is 5.80. The van der Waals surface area contributed by atoms with Crippen molar-refractivity contribution in [1.29, 1.82) is 0 Å². The van der Waals surface area contributed by atoms with Crippen LogP contribution >= 0.6 is 0 Å². The molecule has 0 amide bonds. The summed E-state index contributed by atoms with van der Waals surface area (Å²) in [6.45, 7) is 4.25. The molecule has 0 aromatic heterocycles. The van der Waals surface area contributed by atoms with Crippen LogP contribution in [0.2, 0.25) is 0 Å². The molecule has 2 aliphatic rings. The summed E-state index contributed by atoms with van der Waals surface area (Å²) in [4.78, 5) is 0. The van der Waals surface area contributed by atoms with Crippen LogP contribution < -0.4 is 5.32 Å². The fourth-order valence-electron chi connectivity index (χ4n) is 3.10. The maximum absolute atomic E-state index is 5.80. The van der Waals surface area contributed by atoms with Gasteiger partial charge in [-0.25, -0.2) is 0 Å². The van der Waals surface area contributed by atoms with E-state index in [1.807, 2.05) is 0 Å². The molecular formula is C15H27NO. The Kier molecular flexibility index (Phi) is 5.37. The third-order valence-electron chi connectivity index (χ3n) is 4.02. The van der Waals surface area contributed by atoms with Gasteiger partial charge in [-0.3, -0.25) is 0 Å². The zero-order valence-electron chi connectivity index (χ0n) is 11.2. The first-order valence-electron chi connectivity index (χ1n) is 7.48. The molecule has 0 aromatic rings. The van der Waals surface area contributed by atoms with E-state index in [9.17, 15) is 0 Å². The number of hydrogen-bond donors (Lipinski definition) is 1. The molecule has 1 fully saturated rings. The number of nitrogens with one attached hydrogen (secondary N) is 1. The maximum Gasteiger partial charge on any atom is 0.109 e. The standard InChI is InChI=1S/C15H27NO/c1-2-11-16-15(14-10-7-12-17-14)13-8-5-3-4-6-9-13/h10,13,15-16H,2-9,11-12H2,1H3. The summed E-state index contributed by atoms with van der Waals surface area (Å²) in [5.74, 6) is 2.04. The quantitative estimate of drug-likeness (QED) is 0.737. The lowest BCUT2D eigenvalue weighted by atomic mass is 9.90. The normalized spacial score (nSPS) is 23.9. The summed E-state index contributed by atoms with van der Waals surface area (Å²) >= 11 is 0. The first-order valence-corrected chi connectivity index (χ1v) is 7.48. The molecule has 1 unspecified atom stereocenters. The second-order valence-corrected chi connectivity index (χ2v) is 5.43. The minimum atomic E-state index is 0.496. The Labute approximate surface area is 106 Å². The van der Waals surface area contributed by atoms with Crippen LogP contribution in [0.25, 0.3) is 0 Å². The highest BCUT2D eigenvalue weighted by Crippen LogP contribution is 2.30. The van der Waals surface area contributed by atoms with Gasteiger partial charge in [-0.1, -0.05) is 32.6 Å². The van der Waals surface area contributed by atoms with Crippen molar-refractivity contribution in [2.45, 2.75) is 64.3 Å². The lowest BCUT2D eigenvalue weighted by Gasteiger charge is -2.28. The van der Waals surface area contributed by atoms with Crippen LogP contribution in [-0.4, -0.2) is 19.2 Å². The Morgan fingerprint density at radius 3 is 2.65 bits per heavy atom. The highest BCUT2D eigenvalue weighted by molar-refractivity contribution is 5.09. The van der Waals surface area contributed by atoms with Crippen molar-refractivity contribution in [2.75, 3.05) is 13.2 Å². The SMILES string of the molecule is CCCNC(C1=CCCO1)C1CCCCCC1. The Morgan fingerprint density at radius 2 is 2.06 bits per heavy atom. The monoisotopic (exact) mass is 237 g/mol. The van der Waals surface area contributed by atoms with Gasteiger partial charge in [-0.05, 0) is 37.8 Å². The third kappa shape index (κ3) is 3.74. The Balaban J connectivity index is 1.96. The van der Waals surface area contributed by atoms with E-state index in [0.717, 1.165) is 25.5 Å². The first kappa shape index (κ1) is 12.9. The molecular weight excluding hydrogens is 210 g/mol. The third-order valence-corrected chi connectivity index (χ3v) is 4.02. The number of rotatable bonds is 5. The zero-order chi connectivity index (χ0) is 11.9. The second-order valence-electron chi connectivity index (χ2n) is 5.43. The minimum Gasteiger partial charge on any atom is -0.496 e. The molecule has 1 aliphatic carbocycles. The van der Waals surface area contributed by atoms with Crippen molar-refractivity contribution in [2.24, 2.45) is 5.92 Å². The zero-order valence-corrected chi connectivity index (χ0v) is 11.2. The minimum absolute atomic E-state index is 0.496. The van der Waals surface area contributed by atoms with Crippen molar-refractivity contribution in [3.05, 3.63) is 11.8 Å². The van der Waals surface area contributed by atoms with Gasteiger partial charge in [0.1, 0.15) is 5.76 Å². The predicted molar refractivity (Wildman–Crippen MR) is 71.9 cm³/mol. The van der Waals surface area contributed by atoms with Crippen LogP contribution in [0, 0.1) is 5.92 Å². The van der Waals surface area contributed by atoms with Gasteiger partial charge in [-0.2, -0.15) is 0 Å². The van der Waals surface area contributed by atoms with Crippen molar-refractivity contribution in [3.8, 4) is 0 Å². The second kappa shape index (κ2) is 7.05. The van der Waals surface area contributed by atoms with E-state index in [0.29, 0.717) is 6.04 Å². The predicted octanol–water partition coefficient (Wildman–Crippen LogP) is 3.63. The Morgan fingerprint density at radius 1 is 1.29 bits per heavy atom. The lowest BCUT2D eigenvalue weighted by molar-refractivity contribution is 0.186. The molecule has 0 aromatic carbocycles. The van der Waals surface area contributed by atoms with Gasteiger partial charge in [0.15, 0.2) is 0 Å². The fraction of sp³-hybridized carbons (Fsp3) is 0.867. The molecule has 2 rings (SSSR count). The van der Waals surface area contributed by atoms with Gasteiger partial charge < -0.3 is 10.1 Å². The Hall–Kier alpha value is -0.500. The van der Waals surface area contributed by atoms with Gasteiger partial charge in [0.05, 0.1) is 12.6 Å². The van der Waals surface area contributed by atoms with Crippen LogP contribution in [0.15, 0.2) is 11.8 Å². The molecule has 2 nitrogen and oxygen atoms in total. The molecule has 0 spiro atoms. The molecule has 0 saturated heterocycles. The lowest BCUT2D eigenvalue weighted by Crippen LogP contribution is -2.38. The van der Waals surface area contributed by atoms with Crippen molar-refractivity contribution < 1.29 is 4.74 Å². The molecule has 0 radical (unpaired) electrons. The number of ether oxygens (including phenoxy) is 1. The molecule has 1 atom stereocenters. The van der Waals surface area contributed by atoms with Gasteiger partial charge in [0.25, 0.3) is 0 Å². The largest absolute Gasteiger partial charge is 0.496 e. The molecule has 98 valence electrons. The Bertz CT molecular complexity index is 241. The van der Waals surface area contributed by atoms with Crippen LogP contribution in [0.1, 0.15) is 58.3 Å². The van der Waals surface area contributed by atoms with Gasteiger partial charge >= 0.3 is 0 Å². The topological polar surface area (TPSA) is 21.3 Å². The summed E-state index contributed by atoms with van der Waals surface area (Å²) in [6.07, 6.45) is 13.0. The average Bonchev–Trinajstić information content (AvgIpc) is 2.73. The molecule has 0 bridgehead atoms. The average molecular weight is 237 g/mol. The highest BCUT2D eigenvalue weighted by Gasteiger charge is 2.27. The van der Waals surface area contributed by atoms with Crippen LogP contribution in [0.5, 0.6) is 0 Å². The van der Waals surface area contributed by atoms with E-state index in [1.54, 1.807) is 0 Å². The first-order chi connectivity index (χ1) is 8.42. The van der Waals surface area contributed by atoms with Crippen molar-refractivity contribution in [1.82, 2.24) is 5.32 Å². The van der Waals surface area contributed by atoms with Crippen LogP contribution in [0.3, 0.4) is 0 Å². The summed E-state index contributed by atoms with van der Waals surface area (Å²) in [6, 6.07) is 0.496. The molecule has 1 heterocycles. The van der Waals surface area contributed by atoms with E-state index in [-0.39, 0.29) is 0 Å². The van der Waals surface area contributed by atoms with Gasteiger partial charge in [0, 0.05) is 6.42 Å². The summed E-state index contributed by atoms with van der Waals surface area (Å²) in [5.41, 5.74) is 0. The number of hydrogen-bond acceptors (Lipinski definition) is 2. The molecule has 2 heteroatoms. The summed E-state index contributed by atoms with van der Waals surface area (Å²) in [7, 11) is 0. The molecule has 1 saturated carbocycles. The highest BCUT2D eigenvalue weighted by atomic mass is 16.5. The van der Waals surface area contributed by atoms with Gasteiger partial charge in [-0.15, -0.1) is 0 Å². The maximum atomic E-state index is 5.80. The van der Waals surface area contributed by atoms with Gasteiger partial charge in [0.2, 0.25) is 0 Å². The molecule has 17 heavy (non-hydrogen) atoms. The van der Waals surface area contributed by atoms with Crippen LogP contribution in [-0.2, 0) is 4.74 Å². The molecule has 1 aliphatic heterocycles. The van der Waals surface area contributed by atoms with Crippen molar-refractivity contribution in [3.63, 3.8) is 0 Å². The van der Waals surface area contributed by atoms with E-state index in [2.05, 4.69) is 18.3 Å². The van der Waals surface area contributed by atoms with E-state index in [1.165, 1.54) is 50.7 Å².